The third-order valence-corrected chi connectivity index (χ3v) is 5.09. The van der Waals surface area contributed by atoms with Gasteiger partial charge in [-0.25, -0.2) is 0 Å². The summed E-state index contributed by atoms with van der Waals surface area (Å²) in [6, 6.07) is 9.61. The standard InChI is InChI=1S/C19H17ClN2O5/c20-13-4-5-14(16(11-13)22(24)25)19(23)21-7-1-2-15(21)12-3-6-17-18(10-12)27-9-8-26-17/h3-6,10-11,15H,1-2,7-9H2/t15-/m0/s1. The topological polar surface area (TPSA) is 81.9 Å². The summed E-state index contributed by atoms with van der Waals surface area (Å²) in [6.07, 6.45) is 1.61. The first-order valence-corrected chi connectivity index (χ1v) is 9.07. The van der Waals surface area contributed by atoms with Crippen molar-refractivity contribution in [1.29, 1.82) is 0 Å². The lowest BCUT2D eigenvalue weighted by atomic mass is 10.0. The van der Waals surface area contributed by atoms with Gasteiger partial charge in [-0.3, -0.25) is 14.9 Å². The maximum absolute atomic E-state index is 13.1. The Labute approximate surface area is 160 Å². The second kappa shape index (κ2) is 7.08. The lowest BCUT2D eigenvalue weighted by Crippen LogP contribution is -2.31. The van der Waals surface area contributed by atoms with Crippen molar-refractivity contribution in [2.24, 2.45) is 0 Å². The molecule has 1 fully saturated rings. The van der Waals surface area contributed by atoms with Crippen LogP contribution in [0.3, 0.4) is 0 Å². The van der Waals surface area contributed by atoms with Gasteiger partial charge in [-0.15, -0.1) is 0 Å². The Morgan fingerprint density at radius 2 is 1.93 bits per heavy atom. The zero-order valence-electron chi connectivity index (χ0n) is 14.4. The number of rotatable bonds is 3. The first-order valence-electron chi connectivity index (χ1n) is 8.69. The average molecular weight is 389 g/mol. The second-order valence-corrected chi connectivity index (χ2v) is 6.91. The van der Waals surface area contributed by atoms with E-state index in [-0.39, 0.29) is 28.2 Å². The molecule has 8 heteroatoms. The summed E-state index contributed by atoms with van der Waals surface area (Å²) in [6.45, 7) is 1.54. The highest BCUT2D eigenvalue weighted by atomic mass is 35.5. The van der Waals surface area contributed by atoms with E-state index < -0.39 is 4.92 Å². The molecule has 2 aromatic rings. The third kappa shape index (κ3) is 3.30. The van der Waals surface area contributed by atoms with E-state index in [1.54, 1.807) is 4.90 Å². The molecule has 1 saturated heterocycles. The van der Waals surface area contributed by atoms with Gasteiger partial charge in [0, 0.05) is 17.6 Å². The van der Waals surface area contributed by atoms with Crippen LogP contribution in [0.25, 0.3) is 0 Å². The number of halogens is 1. The fraction of sp³-hybridized carbons (Fsp3) is 0.316. The number of hydrogen-bond donors (Lipinski definition) is 0. The van der Waals surface area contributed by atoms with Gasteiger partial charge in [0.1, 0.15) is 18.8 Å². The highest BCUT2D eigenvalue weighted by Crippen LogP contribution is 2.39. The fourth-order valence-corrected chi connectivity index (χ4v) is 3.78. The van der Waals surface area contributed by atoms with Crippen LogP contribution in [0.4, 0.5) is 5.69 Å². The number of carbonyl (C=O) groups is 1. The molecule has 140 valence electrons. The van der Waals surface area contributed by atoms with Crippen LogP contribution in [0.2, 0.25) is 5.02 Å². The molecule has 0 N–H and O–H groups in total. The van der Waals surface area contributed by atoms with Gasteiger partial charge in [-0.2, -0.15) is 0 Å². The lowest BCUT2D eigenvalue weighted by Gasteiger charge is -2.26. The maximum Gasteiger partial charge on any atom is 0.283 e. The van der Waals surface area contributed by atoms with Crippen molar-refractivity contribution >= 4 is 23.2 Å². The number of hydrogen-bond acceptors (Lipinski definition) is 5. The first-order chi connectivity index (χ1) is 13.0. The number of nitro benzene ring substituents is 1. The molecule has 27 heavy (non-hydrogen) atoms. The number of likely N-dealkylation sites (tertiary alicyclic amines) is 1. The average Bonchev–Trinajstić information content (AvgIpc) is 3.16. The predicted octanol–water partition coefficient (Wildman–Crippen LogP) is 4.00. The van der Waals surface area contributed by atoms with Gasteiger partial charge >= 0.3 is 0 Å². The Morgan fingerprint density at radius 1 is 1.15 bits per heavy atom. The molecule has 0 unspecified atom stereocenters. The summed E-state index contributed by atoms with van der Waals surface area (Å²) in [7, 11) is 0. The van der Waals surface area contributed by atoms with Crippen molar-refractivity contribution in [2.75, 3.05) is 19.8 Å². The minimum absolute atomic E-state index is 0.0499. The van der Waals surface area contributed by atoms with Gasteiger partial charge in [0.2, 0.25) is 0 Å². The van der Waals surface area contributed by atoms with Crippen LogP contribution in [-0.2, 0) is 0 Å². The van der Waals surface area contributed by atoms with Crippen molar-refractivity contribution in [3.05, 3.63) is 62.7 Å². The molecular formula is C19H17ClN2O5. The van der Waals surface area contributed by atoms with Crippen molar-refractivity contribution in [3.63, 3.8) is 0 Å². The molecule has 0 bridgehead atoms. The monoisotopic (exact) mass is 388 g/mol. The highest BCUT2D eigenvalue weighted by Gasteiger charge is 2.34. The molecular weight excluding hydrogens is 372 g/mol. The zero-order chi connectivity index (χ0) is 19.0. The number of carbonyl (C=O) groups excluding carboxylic acids is 1. The number of ether oxygens (including phenoxy) is 2. The van der Waals surface area contributed by atoms with E-state index >= 15 is 0 Å². The molecule has 0 saturated carbocycles. The van der Waals surface area contributed by atoms with Crippen molar-refractivity contribution < 1.29 is 19.2 Å². The van der Waals surface area contributed by atoms with Crippen molar-refractivity contribution in [2.45, 2.75) is 18.9 Å². The highest BCUT2D eigenvalue weighted by molar-refractivity contribution is 6.31. The second-order valence-electron chi connectivity index (χ2n) is 6.48. The summed E-state index contributed by atoms with van der Waals surface area (Å²) in [5.74, 6) is 0.987. The van der Waals surface area contributed by atoms with Gasteiger partial charge in [0.15, 0.2) is 11.5 Å². The molecule has 2 heterocycles. The van der Waals surface area contributed by atoms with E-state index in [0.29, 0.717) is 31.3 Å². The molecule has 2 aliphatic heterocycles. The molecule has 4 rings (SSSR count). The quantitative estimate of drug-likeness (QED) is 0.586. The lowest BCUT2D eigenvalue weighted by molar-refractivity contribution is -0.385. The number of nitrogens with zero attached hydrogens (tertiary/aromatic N) is 2. The molecule has 0 radical (unpaired) electrons. The minimum atomic E-state index is -0.575. The van der Waals surface area contributed by atoms with E-state index in [2.05, 4.69) is 0 Å². The number of benzene rings is 2. The maximum atomic E-state index is 13.1. The van der Waals surface area contributed by atoms with Crippen LogP contribution >= 0.6 is 11.6 Å². The number of fused-ring (bicyclic) bond motifs is 1. The minimum Gasteiger partial charge on any atom is -0.486 e. The van der Waals surface area contributed by atoms with E-state index in [9.17, 15) is 14.9 Å². The molecule has 1 atom stereocenters. The van der Waals surface area contributed by atoms with Gasteiger partial charge in [0.25, 0.3) is 11.6 Å². The van der Waals surface area contributed by atoms with Gasteiger partial charge in [-0.1, -0.05) is 17.7 Å². The molecule has 1 amide bonds. The van der Waals surface area contributed by atoms with Crippen LogP contribution in [0.5, 0.6) is 11.5 Å². The Bertz CT molecular complexity index is 917. The molecule has 2 aromatic carbocycles. The summed E-state index contributed by atoms with van der Waals surface area (Å²) in [5.41, 5.74) is 0.705. The van der Waals surface area contributed by atoms with E-state index in [1.165, 1.54) is 18.2 Å². The van der Waals surface area contributed by atoms with Crippen LogP contribution in [0.15, 0.2) is 36.4 Å². The van der Waals surface area contributed by atoms with Crippen molar-refractivity contribution in [1.82, 2.24) is 4.90 Å². The Morgan fingerprint density at radius 3 is 2.70 bits per heavy atom. The molecule has 2 aliphatic rings. The third-order valence-electron chi connectivity index (χ3n) is 4.85. The normalized spacial score (nSPS) is 18.4. The van der Waals surface area contributed by atoms with E-state index in [1.807, 2.05) is 18.2 Å². The number of nitro groups is 1. The summed E-state index contributed by atoms with van der Waals surface area (Å²) >= 11 is 5.86. The van der Waals surface area contributed by atoms with Crippen LogP contribution in [0.1, 0.15) is 34.8 Å². The molecule has 0 aliphatic carbocycles. The fourth-order valence-electron chi connectivity index (χ4n) is 3.61. The van der Waals surface area contributed by atoms with E-state index in [0.717, 1.165) is 18.4 Å². The van der Waals surface area contributed by atoms with Gasteiger partial charge in [-0.05, 0) is 42.7 Å². The zero-order valence-corrected chi connectivity index (χ0v) is 15.1. The molecule has 0 spiro atoms. The smallest absolute Gasteiger partial charge is 0.283 e. The first kappa shape index (κ1) is 17.6. The molecule has 7 nitrogen and oxygen atoms in total. The van der Waals surface area contributed by atoms with Gasteiger partial charge in [0.05, 0.1) is 11.0 Å². The number of amides is 1. The Kier molecular flexibility index (Phi) is 4.61. The Balaban J connectivity index is 1.66. The van der Waals surface area contributed by atoms with Crippen LogP contribution < -0.4 is 9.47 Å². The summed E-state index contributed by atoms with van der Waals surface area (Å²) < 4.78 is 11.2. The van der Waals surface area contributed by atoms with E-state index in [4.69, 9.17) is 21.1 Å². The summed E-state index contributed by atoms with van der Waals surface area (Å²) in [5, 5.41) is 11.6. The SMILES string of the molecule is O=C(c1ccc(Cl)cc1[N+](=O)[O-])N1CCC[C@H]1c1ccc2c(c1)OCCO2. The van der Waals surface area contributed by atoms with Gasteiger partial charge < -0.3 is 14.4 Å². The predicted molar refractivity (Wildman–Crippen MR) is 98.5 cm³/mol. The van der Waals surface area contributed by atoms with Crippen LogP contribution in [0, 0.1) is 10.1 Å². The summed E-state index contributed by atoms with van der Waals surface area (Å²) in [4.78, 5) is 25.5. The molecule has 0 aromatic heterocycles. The van der Waals surface area contributed by atoms with Crippen molar-refractivity contribution in [3.8, 4) is 11.5 Å². The van der Waals surface area contributed by atoms with Crippen LogP contribution in [-0.4, -0.2) is 35.5 Å². The Hall–Kier alpha value is -2.80. The largest absolute Gasteiger partial charge is 0.486 e.